The molecule has 0 bridgehead atoms. The molecule has 1 aromatic carbocycles. The first-order chi connectivity index (χ1) is 10.6. The number of carbonyl (C=O) groups excluding carboxylic acids is 1. The number of halogens is 1. The molecule has 0 aliphatic carbocycles. The number of hydrogen-bond acceptors (Lipinski definition) is 5. The number of rotatable bonds is 4. The van der Waals surface area contributed by atoms with Crippen LogP contribution in [0.2, 0.25) is 0 Å². The third-order valence-electron chi connectivity index (χ3n) is 2.94. The first-order valence-electron chi connectivity index (χ1n) is 6.29. The highest BCUT2D eigenvalue weighted by Crippen LogP contribution is 2.29. The van der Waals surface area contributed by atoms with Crippen molar-refractivity contribution in [2.24, 2.45) is 0 Å². The van der Waals surface area contributed by atoms with Gasteiger partial charge in [0.05, 0.1) is 11.8 Å². The third-order valence-corrected chi connectivity index (χ3v) is 2.94. The molecule has 7 heteroatoms. The summed E-state index contributed by atoms with van der Waals surface area (Å²) >= 11 is 0. The van der Waals surface area contributed by atoms with Crippen LogP contribution < -0.4 is 0 Å². The lowest BCUT2D eigenvalue weighted by atomic mass is 10.1. The van der Waals surface area contributed by atoms with Crippen LogP contribution in [0.25, 0.3) is 17.1 Å². The maximum absolute atomic E-state index is 13.3. The number of carbonyl (C=O) groups is 1. The van der Waals surface area contributed by atoms with E-state index in [0.29, 0.717) is 5.56 Å². The van der Waals surface area contributed by atoms with E-state index in [1.807, 2.05) is 0 Å². The summed E-state index contributed by atoms with van der Waals surface area (Å²) in [6.45, 7) is 0. The fourth-order valence-electron chi connectivity index (χ4n) is 1.96. The monoisotopic (exact) mass is 299 g/mol. The molecule has 3 aromatic rings. The number of hydrogen-bond donors (Lipinski definition) is 2. The maximum Gasteiger partial charge on any atom is 0.226 e. The molecule has 0 spiro atoms. The van der Waals surface area contributed by atoms with Gasteiger partial charge < -0.3 is 9.52 Å². The fourth-order valence-corrected chi connectivity index (χ4v) is 1.96. The first kappa shape index (κ1) is 13.7. The average molecular weight is 299 g/mol. The van der Waals surface area contributed by atoms with Gasteiger partial charge in [-0.25, -0.2) is 9.37 Å². The van der Waals surface area contributed by atoms with Crippen LogP contribution in [-0.2, 0) is 0 Å². The van der Waals surface area contributed by atoms with Crippen LogP contribution >= 0.6 is 0 Å². The Labute approximate surface area is 123 Å². The molecule has 0 atom stereocenters. The van der Waals surface area contributed by atoms with E-state index in [1.54, 1.807) is 6.07 Å². The number of aromatic nitrogens is 3. The normalized spacial score (nSPS) is 11.6. The largest absolute Gasteiger partial charge is 0.507 e. The Balaban J connectivity index is 1.96. The van der Waals surface area contributed by atoms with Crippen LogP contribution in [0.3, 0.4) is 0 Å². The molecule has 2 N–H and O–H groups in total. The minimum Gasteiger partial charge on any atom is -0.507 e. The molecule has 0 aliphatic rings. The van der Waals surface area contributed by atoms with Crippen molar-refractivity contribution in [1.29, 1.82) is 0 Å². The zero-order valence-electron chi connectivity index (χ0n) is 11.2. The number of furan rings is 1. The second-order valence-corrected chi connectivity index (χ2v) is 4.40. The summed E-state index contributed by atoms with van der Waals surface area (Å²) in [6, 6.07) is 7.22. The summed E-state index contributed by atoms with van der Waals surface area (Å²) in [5, 5.41) is 16.1. The maximum atomic E-state index is 13.3. The van der Waals surface area contributed by atoms with Crippen molar-refractivity contribution < 1.29 is 18.7 Å². The smallest absolute Gasteiger partial charge is 0.226 e. The van der Waals surface area contributed by atoms with Crippen molar-refractivity contribution in [1.82, 2.24) is 15.2 Å². The number of benzene rings is 1. The summed E-state index contributed by atoms with van der Waals surface area (Å²) in [4.78, 5) is 15.6. The molecule has 3 rings (SSSR count). The Kier molecular flexibility index (Phi) is 3.53. The van der Waals surface area contributed by atoms with Crippen LogP contribution in [0.1, 0.15) is 16.2 Å². The van der Waals surface area contributed by atoms with Crippen LogP contribution in [0.15, 0.2) is 53.4 Å². The lowest BCUT2D eigenvalue weighted by Gasteiger charge is -2.02. The Morgan fingerprint density at radius 1 is 1.36 bits per heavy atom. The SMILES string of the molecule is O=C(C=C(O)c1ccoc1-c1cccc(F)c1)c1ncn[nH]1. The van der Waals surface area contributed by atoms with E-state index >= 15 is 0 Å². The lowest BCUT2D eigenvalue weighted by molar-refractivity contribution is 0.103. The van der Waals surface area contributed by atoms with Gasteiger partial charge in [-0.1, -0.05) is 12.1 Å². The van der Waals surface area contributed by atoms with Crippen LogP contribution in [0.5, 0.6) is 0 Å². The molecule has 0 saturated carbocycles. The highest BCUT2D eigenvalue weighted by Gasteiger charge is 2.15. The van der Waals surface area contributed by atoms with Crippen molar-refractivity contribution in [2.75, 3.05) is 0 Å². The van der Waals surface area contributed by atoms with Crippen molar-refractivity contribution >= 4 is 11.5 Å². The number of ketones is 1. The topological polar surface area (TPSA) is 92.0 Å². The molecule has 0 unspecified atom stereocenters. The predicted molar refractivity (Wildman–Crippen MR) is 75.4 cm³/mol. The summed E-state index contributed by atoms with van der Waals surface area (Å²) in [5.41, 5.74) is 0.727. The summed E-state index contributed by atoms with van der Waals surface area (Å²) in [5.74, 6) is -1.02. The molecule has 110 valence electrons. The van der Waals surface area contributed by atoms with Gasteiger partial charge in [-0.2, -0.15) is 5.10 Å². The van der Waals surface area contributed by atoms with E-state index in [4.69, 9.17) is 4.42 Å². The zero-order chi connectivity index (χ0) is 15.5. The van der Waals surface area contributed by atoms with E-state index in [1.165, 1.54) is 36.9 Å². The van der Waals surface area contributed by atoms with Crippen molar-refractivity contribution in [3.8, 4) is 11.3 Å². The zero-order valence-corrected chi connectivity index (χ0v) is 11.2. The Morgan fingerprint density at radius 3 is 2.95 bits per heavy atom. The highest BCUT2D eigenvalue weighted by molar-refractivity contribution is 6.05. The molecule has 0 amide bonds. The minimum atomic E-state index is -0.540. The molecule has 0 aliphatic heterocycles. The van der Waals surface area contributed by atoms with Gasteiger partial charge in [0, 0.05) is 11.6 Å². The van der Waals surface area contributed by atoms with Crippen LogP contribution in [0.4, 0.5) is 4.39 Å². The van der Waals surface area contributed by atoms with Crippen molar-refractivity contribution in [3.05, 3.63) is 66.2 Å². The van der Waals surface area contributed by atoms with Crippen molar-refractivity contribution in [3.63, 3.8) is 0 Å². The second-order valence-electron chi connectivity index (χ2n) is 4.40. The van der Waals surface area contributed by atoms with Gasteiger partial charge in [0.2, 0.25) is 5.78 Å². The van der Waals surface area contributed by atoms with E-state index < -0.39 is 11.6 Å². The molecule has 0 radical (unpaired) electrons. The second kappa shape index (κ2) is 5.65. The lowest BCUT2D eigenvalue weighted by Crippen LogP contribution is -1.99. The molecule has 22 heavy (non-hydrogen) atoms. The van der Waals surface area contributed by atoms with Crippen molar-refractivity contribution in [2.45, 2.75) is 0 Å². The summed E-state index contributed by atoms with van der Waals surface area (Å²) < 4.78 is 18.6. The predicted octanol–water partition coefficient (Wildman–Crippen LogP) is 2.99. The standard InChI is InChI=1S/C15H10FN3O3/c16-10-3-1-2-9(6-10)14-11(4-5-22-14)12(20)7-13(21)15-17-8-18-19-15/h1-8,20H,(H,17,18,19). The number of nitrogens with one attached hydrogen (secondary N) is 1. The van der Waals surface area contributed by atoms with Gasteiger partial charge in [-0.3, -0.25) is 9.89 Å². The Bertz CT molecular complexity index is 837. The molecule has 2 aromatic heterocycles. The Hall–Kier alpha value is -3.22. The molecular weight excluding hydrogens is 289 g/mol. The molecular formula is C15H10FN3O3. The van der Waals surface area contributed by atoms with Crippen LogP contribution in [-0.4, -0.2) is 26.1 Å². The average Bonchev–Trinajstić information content (AvgIpc) is 3.18. The number of aromatic amines is 1. The number of nitrogens with zero attached hydrogens (tertiary/aromatic N) is 2. The van der Waals surface area contributed by atoms with Gasteiger partial charge in [0.15, 0.2) is 5.82 Å². The third kappa shape index (κ3) is 2.64. The minimum absolute atomic E-state index is 0.00218. The van der Waals surface area contributed by atoms with Gasteiger partial charge >= 0.3 is 0 Å². The number of allylic oxidation sites excluding steroid dienone is 1. The van der Waals surface area contributed by atoms with E-state index in [2.05, 4.69) is 15.2 Å². The molecule has 0 saturated heterocycles. The summed E-state index contributed by atoms with van der Waals surface area (Å²) in [7, 11) is 0. The van der Waals surface area contributed by atoms with E-state index in [0.717, 1.165) is 6.08 Å². The van der Waals surface area contributed by atoms with Crippen LogP contribution in [0, 0.1) is 5.82 Å². The van der Waals surface area contributed by atoms with E-state index in [-0.39, 0.29) is 22.9 Å². The van der Waals surface area contributed by atoms with Gasteiger partial charge in [-0.05, 0) is 18.2 Å². The molecule has 6 nitrogen and oxygen atoms in total. The molecule has 2 heterocycles. The number of H-pyrrole nitrogens is 1. The number of aliphatic hydroxyl groups excluding tert-OH is 1. The quantitative estimate of drug-likeness (QED) is 0.439. The van der Waals surface area contributed by atoms with Gasteiger partial charge in [0.1, 0.15) is 23.7 Å². The van der Waals surface area contributed by atoms with Gasteiger partial charge in [0.25, 0.3) is 0 Å². The van der Waals surface area contributed by atoms with Gasteiger partial charge in [-0.15, -0.1) is 0 Å². The first-order valence-corrected chi connectivity index (χ1v) is 6.29. The fraction of sp³-hybridized carbons (Fsp3) is 0. The molecule has 0 fully saturated rings. The Morgan fingerprint density at radius 2 is 2.23 bits per heavy atom. The number of aliphatic hydroxyl groups is 1. The summed E-state index contributed by atoms with van der Waals surface area (Å²) in [6.07, 6.45) is 3.53. The highest BCUT2D eigenvalue weighted by atomic mass is 19.1. The van der Waals surface area contributed by atoms with E-state index in [9.17, 15) is 14.3 Å².